The van der Waals surface area contributed by atoms with Crippen LogP contribution in [0.3, 0.4) is 0 Å². The molecule has 0 unspecified atom stereocenters. The molecular weight excluding hydrogens is 394 g/mol. The Morgan fingerprint density at radius 2 is 1.74 bits per heavy atom. The molecule has 3 amide bonds. The van der Waals surface area contributed by atoms with Gasteiger partial charge in [-0.2, -0.15) is 5.10 Å². The lowest BCUT2D eigenvalue weighted by Crippen LogP contribution is -2.41. The number of nitrogens with zero attached hydrogens (tertiary/aromatic N) is 3. The number of carbonyl (C=O) groups excluding carboxylic acids is 3. The number of hydrogen-bond acceptors (Lipinski definition) is 5. The van der Waals surface area contributed by atoms with Gasteiger partial charge in [-0.05, 0) is 37.5 Å². The number of aryl methyl sites for hydroxylation is 1. The lowest BCUT2D eigenvalue weighted by atomic mass is 9.81. The maximum absolute atomic E-state index is 13.3. The van der Waals surface area contributed by atoms with Gasteiger partial charge >= 0.3 is 0 Å². The van der Waals surface area contributed by atoms with Crippen LogP contribution in [0.25, 0.3) is 0 Å². The van der Waals surface area contributed by atoms with Crippen molar-refractivity contribution in [3.8, 4) is 0 Å². The van der Waals surface area contributed by atoms with Crippen LogP contribution in [0.5, 0.6) is 0 Å². The SMILES string of the molecule is Cc1ccc(C2=NN(C(=O)CN3C(=O)[C@H]4CCCC[C@@H]4C3=O)[C@@H](c3ccco3)C2)cc1. The molecule has 0 radical (unpaired) electrons. The molecule has 3 aliphatic rings. The van der Waals surface area contributed by atoms with E-state index in [1.807, 2.05) is 37.3 Å². The van der Waals surface area contributed by atoms with Gasteiger partial charge in [-0.15, -0.1) is 0 Å². The van der Waals surface area contributed by atoms with Crippen molar-refractivity contribution in [3.63, 3.8) is 0 Å². The quantitative estimate of drug-likeness (QED) is 0.711. The smallest absolute Gasteiger partial charge is 0.263 e. The van der Waals surface area contributed by atoms with E-state index >= 15 is 0 Å². The number of amides is 3. The fourth-order valence-corrected chi connectivity index (χ4v) is 4.96. The summed E-state index contributed by atoms with van der Waals surface area (Å²) in [6, 6.07) is 11.2. The first-order chi connectivity index (χ1) is 15.0. The Kier molecular flexibility index (Phi) is 4.96. The first-order valence-corrected chi connectivity index (χ1v) is 10.9. The normalized spacial score (nSPS) is 25.7. The van der Waals surface area contributed by atoms with E-state index < -0.39 is 6.04 Å². The van der Waals surface area contributed by atoms with Gasteiger partial charge in [0.15, 0.2) is 0 Å². The minimum absolute atomic E-state index is 0.209. The van der Waals surface area contributed by atoms with Crippen molar-refractivity contribution in [1.29, 1.82) is 0 Å². The Labute approximate surface area is 180 Å². The lowest BCUT2D eigenvalue weighted by molar-refractivity contribution is -0.147. The number of likely N-dealkylation sites (tertiary alicyclic amines) is 1. The third kappa shape index (κ3) is 3.48. The predicted molar refractivity (Wildman–Crippen MR) is 113 cm³/mol. The number of fused-ring (bicyclic) bond motifs is 1. The van der Waals surface area contributed by atoms with Gasteiger partial charge in [0.05, 0.1) is 23.8 Å². The van der Waals surface area contributed by atoms with Crippen molar-refractivity contribution in [2.24, 2.45) is 16.9 Å². The minimum atomic E-state index is -0.395. The second kappa shape index (κ2) is 7.80. The number of carbonyl (C=O) groups is 3. The Bertz CT molecular complexity index is 1020. The van der Waals surface area contributed by atoms with Crippen LogP contribution in [-0.2, 0) is 14.4 Å². The molecule has 7 nitrogen and oxygen atoms in total. The second-order valence-corrected chi connectivity index (χ2v) is 8.65. The molecule has 0 spiro atoms. The first-order valence-electron chi connectivity index (χ1n) is 10.9. The van der Waals surface area contributed by atoms with E-state index in [0.29, 0.717) is 12.2 Å². The van der Waals surface area contributed by atoms with E-state index in [1.54, 1.807) is 12.3 Å². The monoisotopic (exact) mass is 419 g/mol. The molecule has 1 aromatic heterocycles. The standard InChI is InChI=1S/C24H25N3O4/c1-15-8-10-16(11-9-15)19-13-20(21-7-4-12-31-21)27(25-19)22(28)14-26-23(29)17-5-2-3-6-18(17)24(26)30/h4,7-12,17-18,20H,2-3,5-6,13-14H2,1H3/t17-,18-,20+/m0/s1. The van der Waals surface area contributed by atoms with Gasteiger partial charge in [-0.25, -0.2) is 5.01 Å². The highest BCUT2D eigenvalue weighted by Crippen LogP contribution is 2.39. The summed E-state index contributed by atoms with van der Waals surface area (Å²) in [4.78, 5) is 40.0. The fraction of sp³-hybridized carbons (Fsp3) is 0.417. The summed E-state index contributed by atoms with van der Waals surface area (Å²) in [5, 5.41) is 5.98. The Balaban J connectivity index is 1.40. The van der Waals surface area contributed by atoms with Crippen LogP contribution in [0, 0.1) is 18.8 Å². The van der Waals surface area contributed by atoms with Gasteiger partial charge in [0.25, 0.3) is 5.91 Å². The van der Waals surface area contributed by atoms with Crippen molar-refractivity contribution in [2.75, 3.05) is 6.54 Å². The summed E-state index contributed by atoms with van der Waals surface area (Å²) in [6.07, 6.45) is 5.45. The number of imide groups is 1. The maximum Gasteiger partial charge on any atom is 0.263 e. The number of hydrazone groups is 1. The summed E-state index contributed by atoms with van der Waals surface area (Å²) in [6.45, 7) is 1.75. The van der Waals surface area contributed by atoms with E-state index in [-0.39, 0.29) is 36.1 Å². The highest BCUT2D eigenvalue weighted by molar-refractivity contribution is 6.08. The van der Waals surface area contributed by atoms with Crippen molar-refractivity contribution >= 4 is 23.4 Å². The summed E-state index contributed by atoms with van der Waals surface area (Å²) in [5.74, 6) is -0.685. The molecule has 2 aromatic rings. The van der Waals surface area contributed by atoms with Crippen molar-refractivity contribution in [3.05, 3.63) is 59.5 Å². The van der Waals surface area contributed by atoms with Crippen LogP contribution < -0.4 is 0 Å². The molecule has 3 heterocycles. The lowest BCUT2D eigenvalue weighted by Gasteiger charge is -2.22. The average molecular weight is 419 g/mol. The molecular formula is C24H25N3O4. The van der Waals surface area contributed by atoms with E-state index in [9.17, 15) is 14.4 Å². The number of hydrogen-bond donors (Lipinski definition) is 0. The summed E-state index contributed by atoms with van der Waals surface area (Å²) < 4.78 is 5.58. The molecule has 0 bridgehead atoms. The molecule has 7 heteroatoms. The van der Waals surface area contributed by atoms with Crippen molar-refractivity contribution < 1.29 is 18.8 Å². The number of benzene rings is 1. The van der Waals surface area contributed by atoms with E-state index in [0.717, 1.165) is 47.4 Å². The highest BCUT2D eigenvalue weighted by atomic mass is 16.3. The molecule has 3 atom stereocenters. The molecule has 0 N–H and O–H groups in total. The van der Waals surface area contributed by atoms with Crippen LogP contribution in [0.1, 0.15) is 55.0 Å². The summed E-state index contributed by atoms with van der Waals surface area (Å²) in [5.41, 5.74) is 2.87. The van der Waals surface area contributed by atoms with Gasteiger partial charge in [0.2, 0.25) is 11.8 Å². The molecule has 1 saturated carbocycles. The Morgan fingerprint density at radius 3 is 2.35 bits per heavy atom. The summed E-state index contributed by atoms with van der Waals surface area (Å²) in [7, 11) is 0. The zero-order valence-corrected chi connectivity index (χ0v) is 17.5. The van der Waals surface area contributed by atoms with Crippen LogP contribution >= 0.6 is 0 Å². The average Bonchev–Trinajstić information content (AvgIpc) is 3.51. The zero-order valence-electron chi connectivity index (χ0n) is 17.5. The fourth-order valence-electron chi connectivity index (χ4n) is 4.96. The van der Waals surface area contributed by atoms with E-state index in [2.05, 4.69) is 5.10 Å². The maximum atomic E-state index is 13.3. The number of furan rings is 1. The van der Waals surface area contributed by atoms with Crippen LogP contribution in [0.4, 0.5) is 0 Å². The van der Waals surface area contributed by atoms with Crippen LogP contribution in [-0.4, -0.2) is 39.9 Å². The van der Waals surface area contributed by atoms with Gasteiger partial charge in [0.1, 0.15) is 18.3 Å². The van der Waals surface area contributed by atoms with Crippen LogP contribution in [0.15, 0.2) is 52.2 Å². The van der Waals surface area contributed by atoms with E-state index in [4.69, 9.17) is 4.42 Å². The van der Waals surface area contributed by atoms with Crippen molar-refractivity contribution in [2.45, 2.75) is 45.1 Å². The van der Waals surface area contributed by atoms with Gasteiger partial charge in [0, 0.05) is 6.42 Å². The Hall–Kier alpha value is -3.22. The molecule has 2 aliphatic heterocycles. The van der Waals surface area contributed by atoms with Crippen LogP contribution in [0.2, 0.25) is 0 Å². The van der Waals surface area contributed by atoms with Gasteiger partial charge < -0.3 is 4.42 Å². The first kappa shape index (κ1) is 19.7. The second-order valence-electron chi connectivity index (χ2n) is 8.65. The van der Waals surface area contributed by atoms with Gasteiger partial charge in [-0.1, -0.05) is 42.7 Å². The predicted octanol–water partition coefficient (Wildman–Crippen LogP) is 3.44. The zero-order chi connectivity index (χ0) is 21.5. The number of rotatable bonds is 4. The largest absolute Gasteiger partial charge is 0.467 e. The minimum Gasteiger partial charge on any atom is -0.467 e. The highest BCUT2D eigenvalue weighted by Gasteiger charge is 2.49. The molecule has 1 aromatic carbocycles. The molecule has 31 heavy (non-hydrogen) atoms. The molecule has 1 aliphatic carbocycles. The third-order valence-electron chi connectivity index (χ3n) is 6.65. The topological polar surface area (TPSA) is 83.2 Å². The van der Waals surface area contributed by atoms with Gasteiger partial charge in [-0.3, -0.25) is 19.3 Å². The molecule has 1 saturated heterocycles. The molecule has 2 fully saturated rings. The Morgan fingerprint density at radius 1 is 1.06 bits per heavy atom. The van der Waals surface area contributed by atoms with E-state index in [1.165, 1.54) is 5.01 Å². The summed E-state index contributed by atoms with van der Waals surface area (Å²) >= 11 is 0. The molecule has 160 valence electrons. The molecule has 5 rings (SSSR count). The van der Waals surface area contributed by atoms with Crippen molar-refractivity contribution in [1.82, 2.24) is 9.91 Å². The third-order valence-corrected chi connectivity index (χ3v) is 6.65.